The number of unbranched alkanes of at least 4 members (excludes halogenated alkanes) is 2. The summed E-state index contributed by atoms with van der Waals surface area (Å²) in [4.78, 5) is 0. The molecule has 0 rings (SSSR count). The van der Waals surface area contributed by atoms with Gasteiger partial charge in [0, 0.05) is 5.75 Å². The number of hydrogen-bond acceptors (Lipinski definition) is 3. The Morgan fingerprint density at radius 1 is 1.22 bits per heavy atom. The van der Waals surface area contributed by atoms with Crippen LogP contribution in [0.25, 0.3) is 0 Å². The SMILES string of the molecule is CCCCC(CC)CSC(=S)CO.CCC[CH2][Sn]. The number of thioether (sulfide) groups is 1. The summed E-state index contributed by atoms with van der Waals surface area (Å²) in [5.41, 5.74) is 0. The molecule has 4 heteroatoms. The molecule has 0 spiro atoms. The first-order chi connectivity index (χ1) is 8.65. The monoisotopic (exact) mass is 397 g/mol. The van der Waals surface area contributed by atoms with Gasteiger partial charge in [0.1, 0.15) is 0 Å². The maximum absolute atomic E-state index is 8.73. The van der Waals surface area contributed by atoms with Gasteiger partial charge in [0.2, 0.25) is 0 Å². The van der Waals surface area contributed by atoms with E-state index in [0.717, 1.165) is 15.9 Å². The third-order valence-electron chi connectivity index (χ3n) is 2.68. The van der Waals surface area contributed by atoms with Crippen LogP contribution in [0.4, 0.5) is 0 Å². The number of hydrogen-bond donors (Lipinski definition) is 1. The van der Waals surface area contributed by atoms with Crippen molar-refractivity contribution in [2.75, 3.05) is 12.4 Å². The number of rotatable bonds is 9. The van der Waals surface area contributed by atoms with Crippen molar-refractivity contribution in [2.24, 2.45) is 5.92 Å². The molecule has 107 valence electrons. The quantitative estimate of drug-likeness (QED) is 0.454. The molecular weight excluding hydrogens is 367 g/mol. The Labute approximate surface area is 137 Å². The van der Waals surface area contributed by atoms with Crippen LogP contribution in [0, 0.1) is 5.92 Å². The van der Waals surface area contributed by atoms with E-state index in [9.17, 15) is 0 Å². The van der Waals surface area contributed by atoms with E-state index in [1.165, 1.54) is 43.0 Å². The summed E-state index contributed by atoms with van der Waals surface area (Å²) in [6, 6.07) is 0. The van der Waals surface area contributed by atoms with Crippen LogP contribution in [-0.4, -0.2) is 44.2 Å². The molecule has 1 unspecified atom stereocenters. The first-order valence-electron chi connectivity index (χ1n) is 7.07. The predicted molar refractivity (Wildman–Crippen MR) is 90.9 cm³/mol. The second-order valence-electron chi connectivity index (χ2n) is 4.36. The summed E-state index contributed by atoms with van der Waals surface area (Å²) in [5.74, 6) is 1.85. The van der Waals surface area contributed by atoms with E-state index in [1.54, 1.807) is 34.3 Å². The molecule has 1 N–H and O–H groups in total. The molecule has 0 amide bonds. The van der Waals surface area contributed by atoms with Crippen molar-refractivity contribution in [1.29, 1.82) is 0 Å². The Morgan fingerprint density at radius 3 is 2.17 bits per heavy atom. The molecule has 3 radical (unpaired) electrons. The third-order valence-corrected chi connectivity index (χ3v) is 5.26. The standard InChI is InChI=1S/C10H20OS2.C4H9.Sn/c1-3-5-6-9(4-2)8-13-10(12)7-11;1-3-4-2;/h9,11H,3-8H2,1-2H3;1,3-4H2,2H3;. The fourth-order valence-electron chi connectivity index (χ4n) is 1.33. The Bertz CT molecular complexity index is 175. The van der Waals surface area contributed by atoms with Gasteiger partial charge in [-0.05, 0) is 12.3 Å². The maximum atomic E-state index is 8.73. The minimum atomic E-state index is 0.0458. The molecule has 1 atom stereocenters. The van der Waals surface area contributed by atoms with Gasteiger partial charge in [0.05, 0.1) is 10.8 Å². The number of aliphatic hydroxyl groups is 1. The van der Waals surface area contributed by atoms with Crippen molar-refractivity contribution in [3.05, 3.63) is 0 Å². The summed E-state index contributed by atoms with van der Waals surface area (Å²) >= 11 is 8.27. The fourth-order valence-corrected chi connectivity index (χ4v) is 3.46. The summed E-state index contributed by atoms with van der Waals surface area (Å²) in [6.07, 6.45) is 7.90. The van der Waals surface area contributed by atoms with E-state index in [2.05, 4.69) is 20.8 Å². The zero-order chi connectivity index (χ0) is 14.2. The van der Waals surface area contributed by atoms with Crippen molar-refractivity contribution >= 4 is 50.7 Å². The molecule has 1 nitrogen and oxygen atoms in total. The van der Waals surface area contributed by atoms with Crippen LogP contribution in [0.1, 0.15) is 59.3 Å². The Kier molecular flexibility index (Phi) is 21.7. The van der Waals surface area contributed by atoms with Crippen molar-refractivity contribution in [3.63, 3.8) is 0 Å². The number of thiocarbonyl (C=S) groups is 1. The van der Waals surface area contributed by atoms with Crippen LogP contribution in [0.5, 0.6) is 0 Å². The second-order valence-corrected chi connectivity index (χ2v) is 7.65. The Balaban J connectivity index is 0. The van der Waals surface area contributed by atoms with Gasteiger partial charge < -0.3 is 5.11 Å². The molecule has 0 fully saturated rings. The van der Waals surface area contributed by atoms with Crippen LogP contribution in [0.3, 0.4) is 0 Å². The van der Waals surface area contributed by atoms with E-state index >= 15 is 0 Å². The molecule has 0 aromatic rings. The molecule has 18 heavy (non-hydrogen) atoms. The molecule has 0 aliphatic rings. The van der Waals surface area contributed by atoms with Gasteiger partial charge >= 0.3 is 46.7 Å². The molecule has 0 aromatic carbocycles. The van der Waals surface area contributed by atoms with Crippen LogP contribution in [0.2, 0.25) is 4.44 Å². The van der Waals surface area contributed by atoms with E-state index in [4.69, 9.17) is 17.3 Å². The molecular formula is C14H29OS2Sn. The van der Waals surface area contributed by atoms with Gasteiger partial charge in [-0.25, -0.2) is 0 Å². The minimum absolute atomic E-state index is 0.0458. The summed E-state index contributed by atoms with van der Waals surface area (Å²) in [7, 11) is 0. The normalized spacial score (nSPS) is 11.6. The molecule has 0 aliphatic heterocycles. The third kappa shape index (κ3) is 17.2. The summed E-state index contributed by atoms with van der Waals surface area (Å²) < 4.78 is 2.17. The average Bonchev–Trinajstić information content (AvgIpc) is 2.40. The molecule has 0 saturated carbocycles. The zero-order valence-electron chi connectivity index (χ0n) is 12.2. The van der Waals surface area contributed by atoms with Crippen molar-refractivity contribution in [2.45, 2.75) is 63.7 Å². The van der Waals surface area contributed by atoms with Crippen molar-refractivity contribution in [3.8, 4) is 0 Å². The van der Waals surface area contributed by atoms with Crippen molar-refractivity contribution in [1.82, 2.24) is 0 Å². The van der Waals surface area contributed by atoms with E-state index < -0.39 is 0 Å². The first kappa shape index (κ1) is 21.5. The number of aliphatic hydroxyl groups excluding tert-OH is 1. The van der Waals surface area contributed by atoms with Gasteiger partial charge in [-0.15, -0.1) is 11.8 Å². The molecule has 0 aromatic heterocycles. The van der Waals surface area contributed by atoms with Gasteiger partial charge in [0.25, 0.3) is 0 Å². The fraction of sp³-hybridized carbons (Fsp3) is 0.929. The molecule has 0 heterocycles. The topological polar surface area (TPSA) is 20.2 Å². The van der Waals surface area contributed by atoms with Crippen LogP contribution in [0.15, 0.2) is 0 Å². The van der Waals surface area contributed by atoms with E-state index in [1.807, 2.05) is 0 Å². The predicted octanol–water partition coefficient (Wildman–Crippen LogP) is 4.63. The van der Waals surface area contributed by atoms with Gasteiger partial charge in [-0.2, -0.15) is 0 Å². The summed E-state index contributed by atoms with van der Waals surface area (Å²) in [6.45, 7) is 6.72. The van der Waals surface area contributed by atoms with Crippen molar-refractivity contribution < 1.29 is 5.11 Å². The first-order valence-corrected chi connectivity index (χ1v) is 10.5. The van der Waals surface area contributed by atoms with Gasteiger partial charge in [-0.3, -0.25) is 0 Å². The van der Waals surface area contributed by atoms with Crippen LogP contribution in [-0.2, 0) is 0 Å². The van der Waals surface area contributed by atoms with Gasteiger partial charge in [0.15, 0.2) is 0 Å². The zero-order valence-corrected chi connectivity index (χ0v) is 16.7. The Morgan fingerprint density at radius 2 is 1.83 bits per heavy atom. The van der Waals surface area contributed by atoms with Gasteiger partial charge in [-0.1, -0.05) is 45.3 Å². The van der Waals surface area contributed by atoms with E-state index in [0.29, 0.717) is 0 Å². The Hall–Kier alpha value is 1.20. The van der Waals surface area contributed by atoms with E-state index in [-0.39, 0.29) is 6.61 Å². The van der Waals surface area contributed by atoms with Crippen LogP contribution >= 0.6 is 24.0 Å². The second kappa shape index (κ2) is 18.2. The molecule has 0 bridgehead atoms. The molecule has 0 saturated heterocycles. The summed E-state index contributed by atoms with van der Waals surface area (Å²) in [5, 5.41) is 8.73. The molecule has 0 aliphatic carbocycles. The average molecular weight is 396 g/mol. The van der Waals surface area contributed by atoms with Crippen LogP contribution < -0.4 is 0 Å².